The predicted molar refractivity (Wildman–Crippen MR) is 60.6 cm³/mol. The van der Waals surface area contributed by atoms with E-state index in [1.807, 2.05) is 30.3 Å². The largest absolute Gasteiger partial charge is 0.286 e. The van der Waals surface area contributed by atoms with E-state index in [1.54, 1.807) is 7.05 Å². The zero-order valence-corrected chi connectivity index (χ0v) is 9.35. The second-order valence-electron chi connectivity index (χ2n) is 4.22. The van der Waals surface area contributed by atoms with Crippen LogP contribution >= 0.6 is 0 Å². The summed E-state index contributed by atoms with van der Waals surface area (Å²) in [7, 11) is 1.57. The number of piperidine rings is 1. The molecule has 2 amide bonds. The lowest BCUT2D eigenvalue weighted by Crippen LogP contribution is -2.43. The Morgan fingerprint density at radius 1 is 1.25 bits per heavy atom. The maximum absolute atomic E-state index is 11.8. The lowest BCUT2D eigenvalue weighted by molar-refractivity contribution is -0.149. The van der Waals surface area contributed by atoms with Gasteiger partial charge in [-0.25, -0.2) is 0 Å². The van der Waals surface area contributed by atoms with E-state index >= 15 is 0 Å². The summed E-state index contributed by atoms with van der Waals surface area (Å²) in [6.07, 6.45) is 1.90. The fourth-order valence-electron chi connectivity index (χ4n) is 2.07. The molecule has 1 fully saturated rings. The van der Waals surface area contributed by atoms with Crippen molar-refractivity contribution in [2.24, 2.45) is 5.92 Å². The SMILES string of the molecule is CN1C(=O)CCC(Cc2ccccc2)C1=O. The van der Waals surface area contributed by atoms with E-state index in [0.717, 1.165) is 12.0 Å². The van der Waals surface area contributed by atoms with Crippen molar-refractivity contribution in [3.8, 4) is 0 Å². The molecule has 0 N–H and O–H groups in total. The zero-order chi connectivity index (χ0) is 11.5. The molecule has 1 heterocycles. The van der Waals surface area contributed by atoms with Gasteiger partial charge in [0, 0.05) is 19.4 Å². The number of nitrogens with zero attached hydrogens (tertiary/aromatic N) is 1. The Morgan fingerprint density at radius 3 is 2.62 bits per heavy atom. The van der Waals surface area contributed by atoms with Gasteiger partial charge in [0.15, 0.2) is 0 Å². The second kappa shape index (κ2) is 4.47. The first-order chi connectivity index (χ1) is 7.68. The summed E-state index contributed by atoms with van der Waals surface area (Å²) in [6.45, 7) is 0. The smallest absolute Gasteiger partial charge is 0.232 e. The van der Waals surface area contributed by atoms with Crippen LogP contribution in [-0.4, -0.2) is 23.8 Å². The van der Waals surface area contributed by atoms with E-state index in [2.05, 4.69) is 0 Å². The highest BCUT2D eigenvalue weighted by atomic mass is 16.2. The zero-order valence-electron chi connectivity index (χ0n) is 9.35. The number of rotatable bonds is 2. The van der Waals surface area contributed by atoms with Gasteiger partial charge in [0.25, 0.3) is 0 Å². The fraction of sp³-hybridized carbons (Fsp3) is 0.385. The molecule has 0 saturated carbocycles. The first-order valence-electron chi connectivity index (χ1n) is 5.53. The van der Waals surface area contributed by atoms with Crippen molar-refractivity contribution in [2.75, 3.05) is 7.05 Å². The third kappa shape index (κ3) is 2.13. The maximum Gasteiger partial charge on any atom is 0.232 e. The van der Waals surface area contributed by atoms with Crippen molar-refractivity contribution in [1.82, 2.24) is 4.90 Å². The molecule has 16 heavy (non-hydrogen) atoms. The molecular formula is C13H15NO2. The molecule has 1 aliphatic heterocycles. The molecule has 1 aromatic rings. The molecule has 0 spiro atoms. The number of carbonyl (C=O) groups is 2. The molecule has 0 aliphatic carbocycles. The lowest BCUT2D eigenvalue weighted by atomic mass is 9.90. The molecule has 3 nitrogen and oxygen atoms in total. The van der Waals surface area contributed by atoms with Crippen LogP contribution in [0.2, 0.25) is 0 Å². The minimum atomic E-state index is -0.0608. The Hall–Kier alpha value is -1.64. The van der Waals surface area contributed by atoms with Crippen LogP contribution < -0.4 is 0 Å². The molecule has 84 valence electrons. The van der Waals surface area contributed by atoms with Crippen LogP contribution in [-0.2, 0) is 16.0 Å². The average molecular weight is 217 g/mol. The normalized spacial score (nSPS) is 21.3. The quantitative estimate of drug-likeness (QED) is 0.706. The van der Waals surface area contributed by atoms with Crippen LogP contribution in [0, 0.1) is 5.92 Å². The van der Waals surface area contributed by atoms with Gasteiger partial charge in [-0.3, -0.25) is 14.5 Å². The van der Waals surface area contributed by atoms with Gasteiger partial charge in [-0.15, -0.1) is 0 Å². The standard InChI is InChI=1S/C13H15NO2/c1-14-12(15)8-7-11(13(14)16)9-10-5-3-2-4-6-10/h2-6,11H,7-9H2,1H3. The van der Waals surface area contributed by atoms with E-state index in [0.29, 0.717) is 12.8 Å². The van der Waals surface area contributed by atoms with Crippen molar-refractivity contribution < 1.29 is 9.59 Å². The second-order valence-corrected chi connectivity index (χ2v) is 4.22. The number of amides is 2. The molecule has 0 bridgehead atoms. The Bertz CT molecular complexity index is 400. The van der Waals surface area contributed by atoms with E-state index in [4.69, 9.17) is 0 Å². The summed E-state index contributed by atoms with van der Waals surface area (Å²) >= 11 is 0. The molecular weight excluding hydrogens is 202 g/mol. The average Bonchev–Trinajstić information content (AvgIpc) is 2.31. The van der Waals surface area contributed by atoms with Gasteiger partial charge in [-0.05, 0) is 18.4 Å². The number of likely N-dealkylation sites (tertiary alicyclic amines) is 1. The molecule has 1 saturated heterocycles. The van der Waals surface area contributed by atoms with Crippen LogP contribution in [0.3, 0.4) is 0 Å². The maximum atomic E-state index is 11.8. The summed E-state index contributed by atoms with van der Waals surface area (Å²) in [5.74, 6) is -0.139. The highest BCUT2D eigenvalue weighted by Gasteiger charge is 2.31. The first-order valence-corrected chi connectivity index (χ1v) is 5.53. The summed E-state index contributed by atoms with van der Waals surface area (Å²) < 4.78 is 0. The number of carbonyl (C=O) groups excluding carboxylic acids is 2. The molecule has 3 heteroatoms. The highest BCUT2D eigenvalue weighted by Crippen LogP contribution is 2.21. The summed E-state index contributed by atoms with van der Waals surface area (Å²) in [6, 6.07) is 9.93. The Morgan fingerprint density at radius 2 is 1.94 bits per heavy atom. The Balaban J connectivity index is 2.06. The number of imide groups is 1. The van der Waals surface area contributed by atoms with Gasteiger partial charge in [-0.2, -0.15) is 0 Å². The molecule has 2 rings (SSSR count). The Kier molecular flexibility index (Phi) is 3.04. The lowest BCUT2D eigenvalue weighted by Gasteiger charge is -2.27. The monoisotopic (exact) mass is 217 g/mol. The Labute approximate surface area is 95.1 Å². The van der Waals surface area contributed by atoms with Crippen molar-refractivity contribution in [3.05, 3.63) is 35.9 Å². The van der Waals surface area contributed by atoms with Crippen LogP contribution in [0.4, 0.5) is 0 Å². The molecule has 0 radical (unpaired) electrons. The van der Waals surface area contributed by atoms with Crippen LogP contribution in [0.15, 0.2) is 30.3 Å². The van der Waals surface area contributed by atoms with E-state index in [-0.39, 0.29) is 17.7 Å². The predicted octanol–water partition coefficient (Wildman–Crippen LogP) is 1.62. The number of benzene rings is 1. The van der Waals surface area contributed by atoms with Crippen LogP contribution in [0.5, 0.6) is 0 Å². The van der Waals surface area contributed by atoms with Gasteiger partial charge in [0.2, 0.25) is 11.8 Å². The third-order valence-electron chi connectivity index (χ3n) is 3.09. The van der Waals surface area contributed by atoms with Crippen molar-refractivity contribution >= 4 is 11.8 Å². The summed E-state index contributed by atoms with van der Waals surface area (Å²) in [5, 5.41) is 0. The highest BCUT2D eigenvalue weighted by molar-refractivity contribution is 5.98. The number of hydrogen-bond acceptors (Lipinski definition) is 2. The van der Waals surface area contributed by atoms with Gasteiger partial charge in [0.05, 0.1) is 0 Å². The summed E-state index contributed by atoms with van der Waals surface area (Å²) in [4.78, 5) is 24.4. The third-order valence-corrected chi connectivity index (χ3v) is 3.09. The minimum absolute atomic E-state index is 0.0369. The minimum Gasteiger partial charge on any atom is -0.286 e. The van der Waals surface area contributed by atoms with Gasteiger partial charge < -0.3 is 0 Å². The fourth-order valence-corrected chi connectivity index (χ4v) is 2.07. The van der Waals surface area contributed by atoms with Gasteiger partial charge in [-0.1, -0.05) is 30.3 Å². The molecule has 1 unspecified atom stereocenters. The van der Waals surface area contributed by atoms with E-state index in [1.165, 1.54) is 4.90 Å². The van der Waals surface area contributed by atoms with E-state index < -0.39 is 0 Å². The molecule has 0 aromatic heterocycles. The topological polar surface area (TPSA) is 37.4 Å². The van der Waals surface area contributed by atoms with Gasteiger partial charge >= 0.3 is 0 Å². The van der Waals surface area contributed by atoms with E-state index in [9.17, 15) is 9.59 Å². The first kappa shape index (κ1) is 10.9. The van der Waals surface area contributed by atoms with Crippen LogP contribution in [0.25, 0.3) is 0 Å². The number of hydrogen-bond donors (Lipinski definition) is 0. The summed E-state index contributed by atoms with van der Waals surface area (Å²) in [5.41, 5.74) is 1.16. The molecule has 1 atom stereocenters. The molecule has 1 aliphatic rings. The van der Waals surface area contributed by atoms with Gasteiger partial charge in [0.1, 0.15) is 0 Å². The van der Waals surface area contributed by atoms with Crippen molar-refractivity contribution in [3.63, 3.8) is 0 Å². The van der Waals surface area contributed by atoms with Crippen molar-refractivity contribution in [2.45, 2.75) is 19.3 Å². The van der Waals surface area contributed by atoms with Crippen molar-refractivity contribution in [1.29, 1.82) is 0 Å². The molecule has 1 aromatic carbocycles. The van der Waals surface area contributed by atoms with Crippen LogP contribution in [0.1, 0.15) is 18.4 Å².